The molecule has 0 atom stereocenters. The van der Waals surface area contributed by atoms with E-state index in [-0.39, 0.29) is 58.2 Å². The van der Waals surface area contributed by atoms with Crippen molar-refractivity contribution in [1.82, 2.24) is 0 Å². The zero-order valence-corrected chi connectivity index (χ0v) is 11.3. The van der Waals surface area contributed by atoms with E-state index in [0.29, 0.717) is 5.57 Å². The zero-order valence-electron chi connectivity index (χ0n) is 5.55. The van der Waals surface area contributed by atoms with Crippen LogP contribution in [-0.4, -0.2) is 18.7 Å². The summed E-state index contributed by atoms with van der Waals surface area (Å²) >= 11 is 0. The van der Waals surface area contributed by atoms with Gasteiger partial charge in [-0.1, -0.05) is 12.2 Å². The van der Waals surface area contributed by atoms with Gasteiger partial charge in [-0.15, -0.1) is 0 Å². The second-order valence-electron chi connectivity index (χ2n) is 1.66. The molecule has 0 unspecified atom stereocenters. The normalized spacial score (nSPS) is 10.0. The molecule has 0 rings (SSSR count). The summed E-state index contributed by atoms with van der Waals surface area (Å²) in [5.41, 5.74) is 0.375. The monoisotopic (exact) mass is 220 g/mol. The van der Waals surface area contributed by atoms with Gasteiger partial charge in [0.25, 0.3) is 0 Å². The van der Waals surface area contributed by atoms with Crippen LogP contribution in [0.4, 0.5) is 0 Å². The molecular weight excluding hydrogens is 214 g/mol. The summed E-state index contributed by atoms with van der Waals surface area (Å²) in [4.78, 5) is 0. The van der Waals surface area contributed by atoms with Gasteiger partial charge >= 0.3 is 58.2 Å². The Morgan fingerprint density at radius 2 is 2.00 bits per heavy atom. The Labute approximate surface area is 104 Å². The van der Waals surface area contributed by atoms with Crippen LogP contribution in [0.2, 0.25) is 0 Å². The Balaban J connectivity index is 0. The largest absolute Gasteiger partial charge is 1.00 e. The van der Waals surface area contributed by atoms with E-state index in [9.17, 15) is 13.0 Å². The first-order chi connectivity index (χ1) is 3.42. The first kappa shape index (κ1) is 13.1. The molecule has 0 N–H and O–H groups in total. The first-order valence-corrected chi connectivity index (χ1v) is 3.57. The molecule has 0 aliphatic heterocycles. The third-order valence-electron chi connectivity index (χ3n) is 0.423. The Morgan fingerprint density at radius 3 is 2.00 bits per heavy atom. The maximum atomic E-state index is 9.83. The second kappa shape index (κ2) is 5.15. The fourth-order valence-corrected chi connectivity index (χ4v) is 0.905. The van der Waals surface area contributed by atoms with E-state index in [1.807, 2.05) is 0 Å². The molecule has 0 aromatic heterocycles. The molecule has 0 saturated carbocycles. The van der Waals surface area contributed by atoms with Crippen molar-refractivity contribution in [2.75, 3.05) is 5.75 Å². The Kier molecular flexibility index (Phi) is 7.48. The van der Waals surface area contributed by atoms with Crippen LogP contribution in [0.1, 0.15) is 6.92 Å². The number of hydrogen-bond acceptors (Lipinski definition) is 3. The van der Waals surface area contributed by atoms with Gasteiger partial charge in [0.05, 0.1) is 15.9 Å². The molecule has 0 aromatic carbocycles. The maximum absolute atomic E-state index is 9.83. The molecule has 0 fully saturated rings. The van der Waals surface area contributed by atoms with Gasteiger partial charge in [-0.05, 0) is 6.92 Å². The summed E-state index contributed by atoms with van der Waals surface area (Å²) in [6.07, 6.45) is 0. The quantitative estimate of drug-likeness (QED) is 0.371. The van der Waals surface area contributed by atoms with Gasteiger partial charge in [-0.2, -0.15) is 0 Å². The minimum Gasteiger partial charge on any atom is -0.748 e. The topological polar surface area (TPSA) is 57.2 Å². The van der Waals surface area contributed by atoms with Crippen molar-refractivity contribution >= 4 is 10.1 Å². The second-order valence-corrected chi connectivity index (χ2v) is 3.06. The number of rotatable bonds is 2. The summed E-state index contributed by atoms with van der Waals surface area (Å²) < 4.78 is 29.5. The molecule has 3 nitrogen and oxygen atoms in total. The van der Waals surface area contributed by atoms with Crippen LogP contribution >= 0.6 is 0 Å². The zero-order chi connectivity index (χ0) is 6.78. The van der Waals surface area contributed by atoms with Crippen molar-refractivity contribution in [3.8, 4) is 0 Å². The summed E-state index contributed by atoms with van der Waals surface area (Å²) in [5, 5.41) is 0. The molecule has 0 aliphatic carbocycles. The van der Waals surface area contributed by atoms with Gasteiger partial charge in [-0.3, -0.25) is 0 Å². The molecule has 5 heteroatoms. The minimum atomic E-state index is -4.07. The molecule has 0 radical (unpaired) electrons. The molecule has 48 valence electrons. The third kappa shape index (κ3) is 12.6. The van der Waals surface area contributed by atoms with E-state index in [2.05, 4.69) is 6.58 Å². The van der Waals surface area contributed by atoms with Crippen LogP contribution in [0, 0.1) is 0 Å². The standard InChI is InChI=1S/C4H8O3S.Rb/c1-4(2)3-8(5,6)7;/h1,3H2,2H3,(H,5,6,7);/q;+1/p-1. The van der Waals surface area contributed by atoms with Crippen LogP contribution in [0.25, 0.3) is 0 Å². The summed E-state index contributed by atoms with van der Waals surface area (Å²) in [6, 6.07) is 0. The average molecular weight is 221 g/mol. The predicted molar refractivity (Wildman–Crippen MR) is 29.4 cm³/mol. The van der Waals surface area contributed by atoms with Crippen molar-refractivity contribution < 1.29 is 71.2 Å². The van der Waals surface area contributed by atoms with E-state index >= 15 is 0 Å². The predicted octanol–water partition coefficient (Wildman–Crippen LogP) is -2.89. The van der Waals surface area contributed by atoms with E-state index in [4.69, 9.17) is 0 Å². The van der Waals surface area contributed by atoms with Gasteiger partial charge in [-0.25, -0.2) is 8.42 Å². The van der Waals surface area contributed by atoms with Gasteiger partial charge in [0.15, 0.2) is 0 Å². The minimum absolute atomic E-state index is 0. The van der Waals surface area contributed by atoms with Gasteiger partial charge in [0.1, 0.15) is 0 Å². The van der Waals surface area contributed by atoms with Crippen molar-refractivity contribution in [2.45, 2.75) is 6.92 Å². The van der Waals surface area contributed by atoms with Crippen LogP contribution in [-0.2, 0) is 10.1 Å². The van der Waals surface area contributed by atoms with Crippen molar-refractivity contribution in [1.29, 1.82) is 0 Å². The summed E-state index contributed by atoms with van der Waals surface area (Å²) in [5.74, 6) is -0.451. The van der Waals surface area contributed by atoms with Crippen LogP contribution in [0.3, 0.4) is 0 Å². The Hall–Kier alpha value is 1.46. The van der Waals surface area contributed by atoms with E-state index in [1.54, 1.807) is 0 Å². The third-order valence-corrected chi connectivity index (χ3v) is 1.27. The van der Waals surface area contributed by atoms with Crippen LogP contribution in [0.5, 0.6) is 0 Å². The van der Waals surface area contributed by atoms with Crippen molar-refractivity contribution in [2.24, 2.45) is 0 Å². The van der Waals surface area contributed by atoms with Crippen LogP contribution < -0.4 is 58.2 Å². The first-order valence-electron chi connectivity index (χ1n) is 2.00. The fourth-order valence-electron chi connectivity index (χ4n) is 0.302. The molecule has 0 aliphatic rings. The van der Waals surface area contributed by atoms with Crippen molar-refractivity contribution in [3.63, 3.8) is 0 Å². The molecule has 0 saturated heterocycles. The van der Waals surface area contributed by atoms with E-state index in [0.717, 1.165) is 0 Å². The molecule has 0 amide bonds. The number of hydrogen-bond donors (Lipinski definition) is 0. The molecule has 0 aromatic rings. The average Bonchev–Trinajstić information content (AvgIpc) is 1.21. The Morgan fingerprint density at radius 1 is 1.67 bits per heavy atom. The SMILES string of the molecule is C=C(C)CS(=O)(=O)[O-].[Rb+]. The van der Waals surface area contributed by atoms with Gasteiger partial charge in [0.2, 0.25) is 0 Å². The summed E-state index contributed by atoms with van der Waals surface area (Å²) in [6.45, 7) is 4.76. The summed E-state index contributed by atoms with van der Waals surface area (Å²) in [7, 11) is -4.07. The molecule has 9 heavy (non-hydrogen) atoms. The smallest absolute Gasteiger partial charge is 0.748 e. The molecular formula is C4H7O3RbS. The van der Waals surface area contributed by atoms with E-state index < -0.39 is 15.9 Å². The van der Waals surface area contributed by atoms with Gasteiger partial charge in [0, 0.05) is 0 Å². The molecule has 0 bridgehead atoms. The molecule has 0 heterocycles. The molecule has 0 spiro atoms. The maximum Gasteiger partial charge on any atom is 1.00 e. The van der Waals surface area contributed by atoms with Gasteiger partial charge < -0.3 is 4.55 Å². The van der Waals surface area contributed by atoms with Crippen LogP contribution in [0.15, 0.2) is 12.2 Å². The Bertz CT molecular complexity index is 182. The van der Waals surface area contributed by atoms with E-state index in [1.165, 1.54) is 6.92 Å². The fraction of sp³-hybridized carbons (Fsp3) is 0.500. The van der Waals surface area contributed by atoms with Crippen molar-refractivity contribution in [3.05, 3.63) is 12.2 Å².